The van der Waals surface area contributed by atoms with Crippen LogP contribution in [0.5, 0.6) is 0 Å². The van der Waals surface area contributed by atoms with E-state index >= 15 is 0 Å². The third-order valence-electron chi connectivity index (χ3n) is 2.32. The number of rotatable bonds is 4. The number of nitrogens with two attached hydrogens (primary N) is 1. The number of halogens is 6. The Bertz CT molecular complexity index is 363. The fourth-order valence-electron chi connectivity index (χ4n) is 1.36. The smallest absolute Gasteiger partial charge is 0.409 e. The molecule has 0 saturated heterocycles. The number of carbonyl (C=O) groups excluding carboxylic acids is 1. The number of oxime groups is 1. The van der Waals surface area contributed by atoms with Crippen molar-refractivity contribution in [2.24, 2.45) is 22.7 Å². The lowest BCUT2D eigenvalue weighted by atomic mass is 10.0. The molecule has 0 aromatic rings. The van der Waals surface area contributed by atoms with Gasteiger partial charge in [-0.25, -0.2) is 0 Å². The van der Waals surface area contributed by atoms with Crippen molar-refractivity contribution in [3.8, 4) is 0 Å². The molecule has 0 rings (SSSR count). The molecule has 11 heteroatoms. The van der Waals surface area contributed by atoms with E-state index < -0.39 is 42.0 Å². The van der Waals surface area contributed by atoms with Gasteiger partial charge in [0, 0.05) is 0 Å². The standard InChI is InChI=1S/C9H13F6N3O2/c1-3(2)4(6(16)18-20)17-7(19)5(8(10,11)12)9(13,14)15/h3-5,20H,1-2H3,(H2,16,18)(H,17,19). The normalized spacial score (nSPS) is 15.6. The fourth-order valence-corrected chi connectivity index (χ4v) is 1.36. The van der Waals surface area contributed by atoms with Gasteiger partial charge in [0.25, 0.3) is 0 Å². The zero-order valence-electron chi connectivity index (χ0n) is 10.4. The van der Waals surface area contributed by atoms with E-state index in [1.807, 2.05) is 0 Å². The summed E-state index contributed by atoms with van der Waals surface area (Å²) in [6.07, 6.45) is -11.6. The van der Waals surface area contributed by atoms with E-state index in [2.05, 4.69) is 5.16 Å². The number of hydrogen-bond donors (Lipinski definition) is 3. The summed E-state index contributed by atoms with van der Waals surface area (Å²) in [6, 6.07) is -1.46. The van der Waals surface area contributed by atoms with E-state index in [0.29, 0.717) is 0 Å². The molecule has 1 amide bonds. The van der Waals surface area contributed by atoms with Crippen LogP contribution in [0, 0.1) is 11.8 Å². The molecule has 0 aliphatic rings. The number of alkyl halides is 6. The molecule has 5 nitrogen and oxygen atoms in total. The Morgan fingerprint density at radius 2 is 1.55 bits per heavy atom. The molecule has 0 spiro atoms. The molecule has 0 aliphatic carbocycles. The number of amidine groups is 1. The van der Waals surface area contributed by atoms with E-state index in [1.165, 1.54) is 19.2 Å². The molecular formula is C9H13F6N3O2. The van der Waals surface area contributed by atoms with Crippen molar-refractivity contribution in [2.75, 3.05) is 0 Å². The second-order valence-corrected chi connectivity index (χ2v) is 4.27. The monoisotopic (exact) mass is 309 g/mol. The highest BCUT2D eigenvalue weighted by Gasteiger charge is 2.61. The van der Waals surface area contributed by atoms with Crippen molar-refractivity contribution >= 4 is 11.7 Å². The Morgan fingerprint density at radius 1 is 1.15 bits per heavy atom. The lowest BCUT2D eigenvalue weighted by Gasteiger charge is -2.26. The number of nitrogens with one attached hydrogen (secondary N) is 1. The summed E-state index contributed by atoms with van der Waals surface area (Å²) >= 11 is 0. The SMILES string of the molecule is CC(C)C(NC(=O)C(C(F)(F)F)C(F)(F)F)C(N)=NO. The van der Waals surface area contributed by atoms with Crippen LogP contribution in [0.15, 0.2) is 5.16 Å². The Balaban J connectivity index is 5.30. The van der Waals surface area contributed by atoms with Gasteiger partial charge in [0.2, 0.25) is 11.8 Å². The first kappa shape index (κ1) is 18.3. The third-order valence-corrected chi connectivity index (χ3v) is 2.32. The minimum atomic E-state index is -5.80. The Hall–Kier alpha value is -1.68. The molecule has 0 saturated carbocycles. The minimum absolute atomic E-state index is 0.683. The average molecular weight is 309 g/mol. The number of hydrogen-bond acceptors (Lipinski definition) is 3. The predicted octanol–water partition coefficient (Wildman–Crippen LogP) is 1.61. The van der Waals surface area contributed by atoms with Gasteiger partial charge < -0.3 is 16.3 Å². The maximum atomic E-state index is 12.3. The summed E-state index contributed by atoms with van der Waals surface area (Å²) in [5.41, 5.74) is 5.11. The first-order chi connectivity index (χ1) is 8.82. The molecule has 118 valence electrons. The molecule has 0 heterocycles. The van der Waals surface area contributed by atoms with Gasteiger partial charge in [0.05, 0.1) is 6.04 Å². The van der Waals surface area contributed by atoms with E-state index in [0.717, 1.165) is 0 Å². The van der Waals surface area contributed by atoms with Crippen LogP contribution in [-0.2, 0) is 4.79 Å². The third kappa shape index (κ3) is 4.78. The summed E-state index contributed by atoms with van der Waals surface area (Å²) in [7, 11) is 0. The number of nitrogens with zero attached hydrogens (tertiary/aromatic N) is 1. The maximum absolute atomic E-state index is 12.3. The highest BCUT2D eigenvalue weighted by molar-refractivity contribution is 5.91. The molecule has 0 aromatic heterocycles. The molecule has 0 aliphatic heterocycles. The van der Waals surface area contributed by atoms with Crippen molar-refractivity contribution < 1.29 is 36.3 Å². The molecule has 0 radical (unpaired) electrons. The van der Waals surface area contributed by atoms with Crippen molar-refractivity contribution in [2.45, 2.75) is 32.2 Å². The quantitative estimate of drug-likeness (QED) is 0.242. The zero-order chi connectivity index (χ0) is 16.3. The van der Waals surface area contributed by atoms with Gasteiger partial charge >= 0.3 is 12.4 Å². The molecule has 0 bridgehead atoms. The first-order valence-corrected chi connectivity index (χ1v) is 5.23. The molecule has 1 atom stereocenters. The van der Waals surface area contributed by atoms with Gasteiger partial charge in [0.1, 0.15) is 0 Å². The Morgan fingerprint density at radius 3 is 1.80 bits per heavy atom. The summed E-state index contributed by atoms with van der Waals surface area (Å²) in [6.45, 7) is 2.72. The molecule has 0 fully saturated rings. The van der Waals surface area contributed by atoms with Gasteiger partial charge in [0.15, 0.2) is 5.84 Å². The second-order valence-electron chi connectivity index (χ2n) is 4.27. The van der Waals surface area contributed by atoms with E-state index in [-0.39, 0.29) is 0 Å². The fraction of sp³-hybridized carbons (Fsp3) is 0.778. The largest absolute Gasteiger partial charge is 0.409 e. The molecule has 1 unspecified atom stereocenters. The lowest BCUT2D eigenvalue weighted by molar-refractivity contribution is -0.274. The molecule has 20 heavy (non-hydrogen) atoms. The minimum Gasteiger partial charge on any atom is -0.409 e. The summed E-state index contributed by atoms with van der Waals surface area (Å²) < 4.78 is 73.9. The highest BCUT2D eigenvalue weighted by Crippen LogP contribution is 2.39. The maximum Gasteiger partial charge on any atom is 0.409 e. The summed E-state index contributed by atoms with van der Waals surface area (Å²) in [4.78, 5) is 11.2. The van der Waals surface area contributed by atoms with Crippen LogP contribution in [0.2, 0.25) is 0 Å². The second kappa shape index (κ2) is 6.18. The van der Waals surface area contributed by atoms with Crippen LogP contribution in [0.1, 0.15) is 13.8 Å². The Kier molecular flexibility index (Phi) is 5.66. The van der Waals surface area contributed by atoms with Gasteiger partial charge in [-0.3, -0.25) is 4.79 Å². The van der Waals surface area contributed by atoms with E-state index in [9.17, 15) is 31.1 Å². The van der Waals surface area contributed by atoms with Crippen LogP contribution in [-0.4, -0.2) is 35.3 Å². The number of amides is 1. The molecular weight excluding hydrogens is 296 g/mol. The van der Waals surface area contributed by atoms with Gasteiger partial charge in [-0.2, -0.15) is 26.3 Å². The number of carbonyl (C=O) groups is 1. The van der Waals surface area contributed by atoms with Crippen LogP contribution in [0.3, 0.4) is 0 Å². The van der Waals surface area contributed by atoms with Crippen molar-refractivity contribution in [3.63, 3.8) is 0 Å². The van der Waals surface area contributed by atoms with Crippen molar-refractivity contribution in [3.05, 3.63) is 0 Å². The average Bonchev–Trinajstić information content (AvgIpc) is 2.20. The first-order valence-electron chi connectivity index (χ1n) is 5.23. The van der Waals surface area contributed by atoms with Crippen LogP contribution in [0.4, 0.5) is 26.3 Å². The van der Waals surface area contributed by atoms with Crippen molar-refractivity contribution in [1.29, 1.82) is 0 Å². The Labute approximate surface area is 109 Å². The van der Waals surface area contributed by atoms with Gasteiger partial charge in [-0.1, -0.05) is 19.0 Å². The zero-order valence-corrected chi connectivity index (χ0v) is 10.4. The molecule has 4 N–H and O–H groups in total. The van der Waals surface area contributed by atoms with Crippen LogP contribution >= 0.6 is 0 Å². The van der Waals surface area contributed by atoms with Gasteiger partial charge in [-0.15, -0.1) is 0 Å². The van der Waals surface area contributed by atoms with Gasteiger partial charge in [-0.05, 0) is 5.92 Å². The molecule has 0 aromatic carbocycles. The van der Waals surface area contributed by atoms with Crippen LogP contribution < -0.4 is 11.1 Å². The highest BCUT2D eigenvalue weighted by atomic mass is 19.4. The lowest BCUT2D eigenvalue weighted by Crippen LogP contribution is -2.55. The summed E-state index contributed by atoms with van der Waals surface area (Å²) in [5.74, 6) is -7.87. The summed E-state index contributed by atoms with van der Waals surface area (Å²) in [5, 5.41) is 12.3. The van der Waals surface area contributed by atoms with E-state index in [1.54, 1.807) is 0 Å². The van der Waals surface area contributed by atoms with Crippen molar-refractivity contribution in [1.82, 2.24) is 5.32 Å². The topological polar surface area (TPSA) is 87.7 Å². The van der Waals surface area contributed by atoms with Crippen LogP contribution in [0.25, 0.3) is 0 Å². The van der Waals surface area contributed by atoms with E-state index in [4.69, 9.17) is 10.9 Å². The predicted molar refractivity (Wildman–Crippen MR) is 55.8 cm³/mol.